The predicted molar refractivity (Wildman–Crippen MR) is 75.4 cm³/mol. The zero-order valence-electron chi connectivity index (χ0n) is 11.5. The van der Waals surface area contributed by atoms with Crippen LogP contribution >= 0.6 is 0 Å². The van der Waals surface area contributed by atoms with Gasteiger partial charge in [-0.25, -0.2) is 0 Å². The van der Waals surface area contributed by atoms with Crippen molar-refractivity contribution in [1.82, 2.24) is 5.32 Å². The fourth-order valence-electron chi connectivity index (χ4n) is 2.43. The molecule has 0 atom stereocenters. The molecule has 0 aliphatic carbocycles. The lowest BCUT2D eigenvalue weighted by molar-refractivity contribution is 0.101. The number of anilines is 1. The molecule has 1 aliphatic rings. The second-order valence-corrected chi connectivity index (χ2v) is 5.40. The third-order valence-corrected chi connectivity index (χ3v) is 4.09. The highest BCUT2D eigenvalue weighted by Gasteiger charge is 2.28. The van der Waals surface area contributed by atoms with Gasteiger partial charge in [0.2, 0.25) is 0 Å². The maximum Gasteiger partial charge on any atom is 0.159 e. The second kappa shape index (κ2) is 5.11. The topological polar surface area (TPSA) is 32.3 Å². The molecular weight excluding hydrogens is 224 g/mol. The summed E-state index contributed by atoms with van der Waals surface area (Å²) in [6.45, 7) is 5.97. The minimum atomic E-state index is 0.133. The van der Waals surface area contributed by atoms with E-state index in [0.717, 1.165) is 31.5 Å². The number of benzene rings is 1. The Labute approximate surface area is 109 Å². The van der Waals surface area contributed by atoms with E-state index in [4.69, 9.17) is 0 Å². The minimum absolute atomic E-state index is 0.133. The van der Waals surface area contributed by atoms with Crippen molar-refractivity contribution in [2.45, 2.75) is 32.2 Å². The molecule has 3 nitrogen and oxygen atoms in total. The molecule has 1 saturated heterocycles. The molecular formula is C15H22N2O. The summed E-state index contributed by atoms with van der Waals surface area (Å²) in [7, 11) is 2.03. The maximum absolute atomic E-state index is 11.4. The first-order valence-electron chi connectivity index (χ1n) is 6.59. The predicted octanol–water partition coefficient (Wildman–Crippen LogP) is 2.47. The number of hydrogen-bond acceptors (Lipinski definition) is 3. The molecule has 0 bridgehead atoms. The summed E-state index contributed by atoms with van der Waals surface area (Å²) < 4.78 is 0. The van der Waals surface area contributed by atoms with Crippen molar-refractivity contribution >= 4 is 11.5 Å². The number of nitrogens with zero attached hydrogens (tertiary/aromatic N) is 1. The van der Waals surface area contributed by atoms with Crippen molar-refractivity contribution in [3.8, 4) is 0 Å². The minimum Gasteiger partial charge on any atom is -0.371 e. The van der Waals surface area contributed by atoms with E-state index in [-0.39, 0.29) is 11.3 Å². The molecule has 1 fully saturated rings. The van der Waals surface area contributed by atoms with E-state index in [1.807, 2.05) is 25.2 Å². The van der Waals surface area contributed by atoms with E-state index in [0.29, 0.717) is 0 Å². The molecule has 1 heterocycles. The van der Waals surface area contributed by atoms with E-state index in [9.17, 15) is 4.79 Å². The first-order valence-corrected chi connectivity index (χ1v) is 6.59. The largest absolute Gasteiger partial charge is 0.371 e. The summed E-state index contributed by atoms with van der Waals surface area (Å²) in [5, 5.41) is 3.40. The second-order valence-electron chi connectivity index (χ2n) is 5.40. The number of piperidine rings is 1. The highest BCUT2D eigenvalue weighted by molar-refractivity contribution is 5.94. The van der Waals surface area contributed by atoms with Crippen LogP contribution in [0.2, 0.25) is 0 Å². The Morgan fingerprint density at radius 2 is 2.00 bits per heavy atom. The Balaban J connectivity index is 2.10. The van der Waals surface area contributed by atoms with E-state index in [2.05, 4.69) is 23.2 Å². The molecule has 0 spiro atoms. The third kappa shape index (κ3) is 2.72. The summed E-state index contributed by atoms with van der Waals surface area (Å²) in [4.78, 5) is 13.8. The molecule has 0 saturated carbocycles. The number of carbonyl (C=O) groups excluding carboxylic acids is 1. The van der Waals surface area contributed by atoms with Crippen LogP contribution in [0.25, 0.3) is 0 Å². The van der Waals surface area contributed by atoms with Crippen LogP contribution in [0.1, 0.15) is 37.0 Å². The van der Waals surface area contributed by atoms with Gasteiger partial charge in [0.15, 0.2) is 5.78 Å². The maximum atomic E-state index is 11.4. The summed E-state index contributed by atoms with van der Waals surface area (Å²) in [6.07, 6.45) is 2.27. The van der Waals surface area contributed by atoms with Gasteiger partial charge in [0.25, 0.3) is 0 Å². The van der Waals surface area contributed by atoms with E-state index in [1.54, 1.807) is 6.92 Å². The lowest BCUT2D eigenvalue weighted by Gasteiger charge is -2.40. The van der Waals surface area contributed by atoms with Gasteiger partial charge in [0.05, 0.1) is 0 Å². The van der Waals surface area contributed by atoms with Gasteiger partial charge >= 0.3 is 0 Å². The van der Waals surface area contributed by atoms with Crippen LogP contribution in [-0.2, 0) is 0 Å². The van der Waals surface area contributed by atoms with Gasteiger partial charge in [-0.15, -0.1) is 0 Å². The van der Waals surface area contributed by atoms with Crippen LogP contribution < -0.4 is 10.2 Å². The molecule has 1 N–H and O–H groups in total. The van der Waals surface area contributed by atoms with Crippen LogP contribution in [0.15, 0.2) is 24.3 Å². The lowest BCUT2D eigenvalue weighted by Crippen LogP contribution is -2.50. The monoisotopic (exact) mass is 246 g/mol. The number of nitrogens with one attached hydrogen (secondary N) is 1. The van der Waals surface area contributed by atoms with Crippen molar-refractivity contribution in [1.29, 1.82) is 0 Å². The Kier molecular flexibility index (Phi) is 3.71. The van der Waals surface area contributed by atoms with Crippen LogP contribution in [-0.4, -0.2) is 31.5 Å². The number of rotatable bonds is 3. The van der Waals surface area contributed by atoms with Crippen molar-refractivity contribution < 1.29 is 4.79 Å². The standard InChI is InChI=1S/C15H22N2O/c1-12(18)13-5-4-6-14(11-13)17-9-7-15(2,16-3)8-10-17/h4-6,11,16H,7-10H2,1-3H3. The highest BCUT2D eigenvalue weighted by atomic mass is 16.1. The Bertz CT molecular complexity index is 434. The number of ketones is 1. The fraction of sp³-hybridized carbons (Fsp3) is 0.533. The van der Waals surface area contributed by atoms with Gasteiger partial charge in [-0.05, 0) is 45.9 Å². The van der Waals surface area contributed by atoms with Crippen molar-refractivity contribution in [2.24, 2.45) is 0 Å². The summed E-state index contributed by atoms with van der Waals surface area (Å²) in [5.74, 6) is 0.133. The molecule has 18 heavy (non-hydrogen) atoms. The Hall–Kier alpha value is -1.35. The Morgan fingerprint density at radius 1 is 1.33 bits per heavy atom. The third-order valence-electron chi connectivity index (χ3n) is 4.09. The van der Waals surface area contributed by atoms with Gasteiger partial charge in [-0.1, -0.05) is 12.1 Å². The number of Topliss-reactive ketones (excluding diaryl/α,β-unsaturated/α-hetero) is 1. The molecule has 0 amide bonds. The molecule has 1 aromatic carbocycles. The van der Waals surface area contributed by atoms with Gasteiger partial charge in [0.1, 0.15) is 0 Å². The highest BCUT2D eigenvalue weighted by Crippen LogP contribution is 2.26. The average molecular weight is 246 g/mol. The first kappa shape index (κ1) is 13.1. The zero-order valence-corrected chi connectivity index (χ0v) is 11.5. The van der Waals surface area contributed by atoms with Crippen LogP contribution in [0, 0.1) is 0 Å². The summed E-state index contributed by atoms with van der Waals surface area (Å²) in [5.41, 5.74) is 2.23. The van der Waals surface area contributed by atoms with E-state index < -0.39 is 0 Å². The van der Waals surface area contributed by atoms with Crippen molar-refractivity contribution in [3.63, 3.8) is 0 Å². The van der Waals surface area contributed by atoms with E-state index >= 15 is 0 Å². The van der Waals surface area contributed by atoms with Gasteiger partial charge in [-0.2, -0.15) is 0 Å². The molecule has 1 aromatic rings. The van der Waals surface area contributed by atoms with E-state index in [1.165, 1.54) is 5.69 Å². The molecule has 0 unspecified atom stereocenters. The smallest absolute Gasteiger partial charge is 0.159 e. The average Bonchev–Trinajstić information content (AvgIpc) is 2.40. The van der Waals surface area contributed by atoms with Crippen molar-refractivity contribution in [2.75, 3.05) is 25.0 Å². The molecule has 1 aliphatic heterocycles. The normalized spacial score (nSPS) is 18.7. The molecule has 3 heteroatoms. The first-order chi connectivity index (χ1) is 8.54. The van der Waals surface area contributed by atoms with Crippen molar-refractivity contribution in [3.05, 3.63) is 29.8 Å². The van der Waals surface area contributed by atoms with Crippen LogP contribution in [0.3, 0.4) is 0 Å². The quantitative estimate of drug-likeness (QED) is 0.832. The van der Waals surface area contributed by atoms with Gasteiger partial charge in [0, 0.05) is 29.9 Å². The van der Waals surface area contributed by atoms with Gasteiger partial charge in [-0.3, -0.25) is 4.79 Å². The molecule has 0 radical (unpaired) electrons. The number of carbonyl (C=O) groups is 1. The van der Waals surface area contributed by atoms with Gasteiger partial charge < -0.3 is 10.2 Å². The fourth-order valence-corrected chi connectivity index (χ4v) is 2.43. The summed E-state index contributed by atoms with van der Waals surface area (Å²) in [6, 6.07) is 7.95. The molecule has 0 aromatic heterocycles. The Morgan fingerprint density at radius 3 is 2.56 bits per heavy atom. The van der Waals surface area contributed by atoms with Crippen LogP contribution in [0.4, 0.5) is 5.69 Å². The molecule has 98 valence electrons. The SMILES string of the molecule is CNC1(C)CCN(c2cccc(C(C)=O)c2)CC1. The van der Waals surface area contributed by atoms with Crippen LogP contribution in [0.5, 0.6) is 0 Å². The summed E-state index contributed by atoms with van der Waals surface area (Å²) >= 11 is 0. The number of hydrogen-bond donors (Lipinski definition) is 1. The zero-order chi connectivity index (χ0) is 13.2. The lowest BCUT2D eigenvalue weighted by atomic mass is 9.89. The molecule has 2 rings (SSSR count).